The first-order chi connectivity index (χ1) is 8.11. The first-order valence-corrected chi connectivity index (χ1v) is 5.11. The molecule has 0 fully saturated rings. The summed E-state index contributed by atoms with van der Waals surface area (Å²) >= 11 is 0. The Kier molecular flexibility index (Phi) is 6.89. The maximum Gasteiger partial charge on any atom is 0.150 e. The molecule has 18 heavy (non-hydrogen) atoms. The Bertz CT molecular complexity index is 437. The summed E-state index contributed by atoms with van der Waals surface area (Å²) in [6.45, 7) is 1.99. The van der Waals surface area contributed by atoms with E-state index >= 15 is 0 Å². The minimum Gasteiger partial charge on any atom is -0.508 e. The molecule has 3 heteroatoms. The highest BCUT2D eigenvalue weighted by Crippen LogP contribution is 2.07. The number of rotatable bonds is 1. The Labute approximate surface area is 107 Å². The molecule has 2 aromatic rings. The molecule has 0 unspecified atom stereocenters. The van der Waals surface area contributed by atoms with Crippen molar-refractivity contribution in [2.24, 2.45) is 0 Å². The number of aldehydes is 1. The highest BCUT2D eigenvalue weighted by molar-refractivity contribution is 5.74. The summed E-state index contributed by atoms with van der Waals surface area (Å²) in [6, 6.07) is 13.2. The van der Waals surface area contributed by atoms with Gasteiger partial charge in [0.05, 0.1) is 0 Å². The maximum atomic E-state index is 10.0. The van der Waals surface area contributed by atoms with Crippen LogP contribution in [0.25, 0.3) is 0 Å². The summed E-state index contributed by atoms with van der Waals surface area (Å²) in [7, 11) is 0. The molecule has 0 spiro atoms. The van der Waals surface area contributed by atoms with Crippen LogP contribution in [0.15, 0.2) is 48.5 Å². The number of benzene rings is 2. The van der Waals surface area contributed by atoms with Crippen LogP contribution in [0.3, 0.4) is 0 Å². The van der Waals surface area contributed by atoms with Gasteiger partial charge >= 0.3 is 0 Å². The molecule has 0 heterocycles. The minimum absolute atomic E-state index is 0. The van der Waals surface area contributed by atoms with E-state index in [1.807, 2.05) is 19.1 Å². The summed E-state index contributed by atoms with van der Waals surface area (Å²) in [4.78, 5) is 10.0. The van der Waals surface area contributed by atoms with Gasteiger partial charge in [0.15, 0.2) is 0 Å². The van der Waals surface area contributed by atoms with E-state index in [0.29, 0.717) is 11.3 Å². The van der Waals surface area contributed by atoms with E-state index in [2.05, 4.69) is 0 Å². The summed E-state index contributed by atoms with van der Waals surface area (Å²) in [5.41, 5.74) is 1.75. The van der Waals surface area contributed by atoms with Crippen molar-refractivity contribution in [3.8, 4) is 11.5 Å². The molecule has 0 saturated carbocycles. The lowest BCUT2D eigenvalue weighted by molar-refractivity contribution is 0.112. The van der Waals surface area contributed by atoms with E-state index in [9.17, 15) is 4.79 Å². The smallest absolute Gasteiger partial charge is 0.150 e. The van der Waals surface area contributed by atoms with E-state index in [0.717, 1.165) is 6.29 Å². The van der Waals surface area contributed by atoms with Crippen molar-refractivity contribution in [1.29, 1.82) is 0 Å². The first kappa shape index (κ1) is 15.7. The molecule has 2 rings (SSSR count). The Morgan fingerprint density at radius 1 is 0.833 bits per heavy atom. The molecule has 0 bridgehead atoms. The first-order valence-electron chi connectivity index (χ1n) is 5.11. The van der Waals surface area contributed by atoms with Gasteiger partial charge in [-0.25, -0.2) is 0 Å². The molecule has 0 radical (unpaired) electrons. The molecule has 2 N–H and O–H groups in total. The standard InChI is InChI=1S/C7H6O2.C7H8O.CH4/c8-5-6-1-3-7(9)4-2-6;1-6-2-4-7(8)5-3-6;/h1-5,9H;2-5,8H,1H3;1H4. The van der Waals surface area contributed by atoms with Crippen molar-refractivity contribution >= 4 is 6.29 Å². The predicted octanol–water partition coefficient (Wildman–Crippen LogP) is 3.54. The lowest BCUT2D eigenvalue weighted by atomic mass is 10.2. The van der Waals surface area contributed by atoms with E-state index < -0.39 is 0 Å². The lowest BCUT2D eigenvalue weighted by Gasteiger charge is -1.89. The number of carbonyl (C=O) groups excluding carboxylic acids is 1. The predicted molar refractivity (Wildman–Crippen MR) is 73.1 cm³/mol. The fourth-order valence-corrected chi connectivity index (χ4v) is 1.10. The number of aromatic hydroxyl groups is 2. The van der Waals surface area contributed by atoms with Crippen LogP contribution >= 0.6 is 0 Å². The molecule has 0 saturated heterocycles. The molecule has 0 aliphatic heterocycles. The number of hydrogen-bond donors (Lipinski definition) is 2. The van der Waals surface area contributed by atoms with Crippen LogP contribution in [-0.4, -0.2) is 16.5 Å². The third kappa shape index (κ3) is 5.70. The van der Waals surface area contributed by atoms with Crippen molar-refractivity contribution in [3.05, 3.63) is 59.7 Å². The van der Waals surface area contributed by atoms with Crippen molar-refractivity contribution < 1.29 is 15.0 Å². The molecule has 2 aromatic carbocycles. The zero-order chi connectivity index (χ0) is 12.7. The van der Waals surface area contributed by atoms with Crippen molar-refractivity contribution in [2.45, 2.75) is 14.4 Å². The van der Waals surface area contributed by atoms with Gasteiger partial charge in [-0.3, -0.25) is 4.79 Å². The number of carbonyl (C=O) groups is 1. The summed E-state index contributed by atoms with van der Waals surface area (Å²) in [5.74, 6) is 0.510. The van der Waals surface area contributed by atoms with Crippen LogP contribution in [0, 0.1) is 6.92 Å². The van der Waals surface area contributed by atoms with Gasteiger partial charge in [-0.1, -0.05) is 25.1 Å². The quantitative estimate of drug-likeness (QED) is 0.757. The van der Waals surface area contributed by atoms with Gasteiger partial charge in [0, 0.05) is 5.56 Å². The second kappa shape index (κ2) is 7.90. The van der Waals surface area contributed by atoms with Crippen LogP contribution in [0.1, 0.15) is 23.3 Å². The van der Waals surface area contributed by atoms with Gasteiger partial charge < -0.3 is 10.2 Å². The number of hydrogen-bond acceptors (Lipinski definition) is 3. The van der Waals surface area contributed by atoms with Gasteiger partial charge in [0.25, 0.3) is 0 Å². The number of aryl methyl sites for hydroxylation is 1. The van der Waals surface area contributed by atoms with Crippen LogP contribution in [0.5, 0.6) is 11.5 Å². The second-order valence-corrected chi connectivity index (χ2v) is 3.54. The number of phenols is 2. The molecule has 0 aromatic heterocycles. The molecular formula is C15H18O3. The molecule has 0 aliphatic rings. The van der Waals surface area contributed by atoms with Crippen molar-refractivity contribution in [1.82, 2.24) is 0 Å². The van der Waals surface area contributed by atoms with E-state index in [1.165, 1.54) is 17.7 Å². The third-order valence-electron chi connectivity index (χ3n) is 2.06. The normalized spacial score (nSPS) is 8.50. The van der Waals surface area contributed by atoms with E-state index in [4.69, 9.17) is 10.2 Å². The Balaban J connectivity index is 0.000000306. The average molecular weight is 246 g/mol. The van der Waals surface area contributed by atoms with Gasteiger partial charge in [-0.15, -0.1) is 0 Å². The molecule has 3 nitrogen and oxygen atoms in total. The summed E-state index contributed by atoms with van der Waals surface area (Å²) in [6.07, 6.45) is 0.736. The van der Waals surface area contributed by atoms with E-state index in [-0.39, 0.29) is 13.2 Å². The number of phenolic OH excluding ortho intramolecular Hbond substituents is 2. The third-order valence-corrected chi connectivity index (χ3v) is 2.06. The maximum absolute atomic E-state index is 10.0. The highest BCUT2D eigenvalue weighted by Gasteiger charge is 1.87. The zero-order valence-corrected chi connectivity index (χ0v) is 9.50. The van der Waals surface area contributed by atoms with Crippen molar-refractivity contribution in [2.75, 3.05) is 0 Å². The molecule has 96 valence electrons. The Morgan fingerprint density at radius 3 is 1.56 bits per heavy atom. The minimum atomic E-state index is 0. The molecule has 0 aliphatic carbocycles. The van der Waals surface area contributed by atoms with Gasteiger partial charge in [-0.05, 0) is 43.3 Å². The fraction of sp³-hybridized carbons (Fsp3) is 0.133. The Hall–Kier alpha value is -2.29. The van der Waals surface area contributed by atoms with Gasteiger partial charge in [0.1, 0.15) is 17.8 Å². The van der Waals surface area contributed by atoms with Crippen molar-refractivity contribution in [3.63, 3.8) is 0 Å². The van der Waals surface area contributed by atoms with Crippen LogP contribution in [0.2, 0.25) is 0 Å². The van der Waals surface area contributed by atoms with Crippen LogP contribution in [-0.2, 0) is 0 Å². The fourth-order valence-electron chi connectivity index (χ4n) is 1.10. The second-order valence-electron chi connectivity index (χ2n) is 3.54. The van der Waals surface area contributed by atoms with E-state index in [1.54, 1.807) is 24.3 Å². The lowest BCUT2D eigenvalue weighted by Crippen LogP contribution is -1.74. The molecule has 0 amide bonds. The Morgan fingerprint density at radius 2 is 1.22 bits per heavy atom. The monoisotopic (exact) mass is 246 g/mol. The van der Waals surface area contributed by atoms with Gasteiger partial charge in [-0.2, -0.15) is 0 Å². The van der Waals surface area contributed by atoms with Gasteiger partial charge in [0.2, 0.25) is 0 Å². The zero-order valence-electron chi connectivity index (χ0n) is 9.50. The summed E-state index contributed by atoms with van der Waals surface area (Å²) < 4.78 is 0. The largest absolute Gasteiger partial charge is 0.508 e. The summed E-state index contributed by atoms with van der Waals surface area (Å²) in [5, 5.41) is 17.5. The molecule has 0 atom stereocenters. The average Bonchev–Trinajstić information content (AvgIpc) is 2.35. The molecular weight excluding hydrogens is 228 g/mol. The van der Waals surface area contributed by atoms with Crippen LogP contribution < -0.4 is 0 Å². The SMILES string of the molecule is C.Cc1ccc(O)cc1.O=Cc1ccc(O)cc1. The highest BCUT2D eigenvalue weighted by atomic mass is 16.3. The topological polar surface area (TPSA) is 57.5 Å². The van der Waals surface area contributed by atoms with Crippen LogP contribution in [0.4, 0.5) is 0 Å².